The molecule has 172 valence electrons. The van der Waals surface area contributed by atoms with Gasteiger partial charge in [-0.1, -0.05) is 23.7 Å². The lowest BCUT2D eigenvalue weighted by molar-refractivity contribution is -0.132. The summed E-state index contributed by atoms with van der Waals surface area (Å²) in [6, 6.07) is 10.3. The fourth-order valence-corrected chi connectivity index (χ4v) is 4.64. The molecular formula is C25H27ClN4O3. The third-order valence-electron chi connectivity index (χ3n) is 5.98. The normalized spacial score (nSPS) is 15.7. The predicted octanol–water partition coefficient (Wildman–Crippen LogP) is 4.04. The second-order valence-electron chi connectivity index (χ2n) is 8.44. The molecule has 0 radical (unpaired) electrons. The van der Waals surface area contributed by atoms with Crippen molar-refractivity contribution in [3.63, 3.8) is 0 Å². The van der Waals surface area contributed by atoms with Crippen LogP contribution >= 0.6 is 11.6 Å². The molecule has 1 amide bonds. The number of aryl methyl sites for hydroxylation is 1. The molecule has 4 rings (SSSR count). The molecule has 0 aliphatic carbocycles. The summed E-state index contributed by atoms with van der Waals surface area (Å²) in [5.74, 6) is 0.0208. The Morgan fingerprint density at radius 2 is 2.09 bits per heavy atom. The molecule has 1 aliphatic heterocycles. The summed E-state index contributed by atoms with van der Waals surface area (Å²) in [6.07, 6.45) is 6.81. The van der Waals surface area contributed by atoms with E-state index in [9.17, 15) is 14.7 Å². The van der Waals surface area contributed by atoms with Crippen LogP contribution in [0.25, 0.3) is 0 Å². The van der Waals surface area contributed by atoms with E-state index >= 15 is 0 Å². The minimum atomic E-state index is -0.259. The summed E-state index contributed by atoms with van der Waals surface area (Å²) in [5.41, 5.74) is 3.14. The van der Waals surface area contributed by atoms with Crippen molar-refractivity contribution in [3.8, 4) is 5.75 Å². The van der Waals surface area contributed by atoms with E-state index in [1.807, 2.05) is 29.2 Å². The van der Waals surface area contributed by atoms with Crippen LogP contribution in [0.15, 0.2) is 53.6 Å². The van der Waals surface area contributed by atoms with Gasteiger partial charge in [-0.2, -0.15) is 0 Å². The number of nitrogens with zero attached hydrogens (tertiary/aromatic N) is 4. The zero-order valence-electron chi connectivity index (χ0n) is 18.6. The molecule has 2 aromatic heterocycles. The van der Waals surface area contributed by atoms with E-state index in [2.05, 4.69) is 4.98 Å². The summed E-state index contributed by atoms with van der Waals surface area (Å²) in [6.45, 7) is 2.90. The first-order valence-electron chi connectivity index (χ1n) is 11.2. The zero-order valence-corrected chi connectivity index (χ0v) is 19.3. The van der Waals surface area contributed by atoms with E-state index in [1.165, 1.54) is 6.07 Å². The van der Waals surface area contributed by atoms with Crippen molar-refractivity contribution in [2.75, 3.05) is 6.54 Å². The summed E-state index contributed by atoms with van der Waals surface area (Å²) >= 11 is 6.09. The maximum Gasteiger partial charge on any atom is 0.254 e. The van der Waals surface area contributed by atoms with Crippen molar-refractivity contribution in [2.24, 2.45) is 0 Å². The molecule has 1 fully saturated rings. The van der Waals surface area contributed by atoms with Crippen LogP contribution in [0, 0.1) is 6.92 Å². The highest BCUT2D eigenvalue weighted by atomic mass is 35.5. The van der Waals surface area contributed by atoms with Gasteiger partial charge in [-0.3, -0.25) is 19.6 Å². The highest BCUT2D eigenvalue weighted by Gasteiger charge is 2.31. The molecular weight excluding hydrogens is 440 g/mol. The van der Waals surface area contributed by atoms with Crippen LogP contribution in [0.4, 0.5) is 0 Å². The Labute approximate surface area is 197 Å². The molecule has 1 saturated heterocycles. The Hall–Kier alpha value is -3.19. The van der Waals surface area contributed by atoms with Gasteiger partial charge in [0.2, 0.25) is 5.91 Å². The van der Waals surface area contributed by atoms with E-state index in [0.717, 1.165) is 29.8 Å². The number of rotatable bonds is 7. The highest BCUT2D eigenvalue weighted by Crippen LogP contribution is 2.31. The molecule has 0 bridgehead atoms. The largest absolute Gasteiger partial charge is 0.508 e. The molecule has 3 heterocycles. The zero-order chi connectivity index (χ0) is 23.4. The molecule has 8 heteroatoms. The fourth-order valence-electron chi connectivity index (χ4n) is 4.43. The van der Waals surface area contributed by atoms with E-state index < -0.39 is 0 Å². The molecule has 1 unspecified atom stereocenters. The maximum atomic E-state index is 13.0. The van der Waals surface area contributed by atoms with Crippen LogP contribution in [-0.4, -0.2) is 37.0 Å². The molecule has 33 heavy (non-hydrogen) atoms. The van der Waals surface area contributed by atoms with Crippen molar-refractivity contribution in [3.05, 3.63) is 86.8 Å². The van der Waals surface area contributed by atoms with Crippen LogP contribution in [-0.2, 0) is 17.8 Å². The molecule has 0 saturated carbocycles. The molecule has 7 nitrogen and oxygen atoms in total. The van der Waals surface area contributed by atoms with Gasteiger partial charge in [0.05, 0.1) is 23.6 Å². The Morgan fingerprint density at radius 3 is 2.88 bits per heavy atom. The monoisotopic (exact) mass is 466 g/mol. The Morgan fingerprint density at radius 1 is 1.24 bits per heavy atom. The first-order chi connectivity index (χ1) is 15.9. The number of aromatic nitrogens is 3. The van der Waals surface area contributed by atoms with Gasteiger partial charge in [-0.15, -0.1) is 0 Å². The fraction of sp³-hybridized carbons (Fsp3) is 0.360. The van der Waals surface area contributed by atoms with Crippen LogP contribution in [0.5, 0.6) is 5.75 Å². The topological polar surface area (TPSA) is 88.3 Å². The number of carbonyl (C=O) groups is 1. The number of halogens is 1. The average Bonchev–Trinajstić information content (AvgIpc) is 3.26. The predicted molar refractivity (Wildman–Crippen MR) is 126 cm³/mol. The van der Waals surface area contributed by atoms with E-state index in [1.54, 1.807) is 30.0 Å². The first kappa shape index (κ1) is 23.0. The lowest BCUT2D eigenvalue weighted by atomic mass is 10.1. The molecule has 1 atom stereocenters. The van der Waals surface area contributed by atoms with Crippen LogP contribution in [0.2, 0.25) is 5.02 Å². The van der Waals surface area contributed by atoms with Crippen LogP contribution in [0.3, 0.4) is 0 Å². The number of aromatic hydroxyl groups is 1. The van der Waals surface area contributed by atoms with Gasteiger partial charge in [0.25, 0.3) is 5.56 Å². The van der Waals surface area contributed by atoms with E-state index in [4.69, 9.17) is 16.6 Å². The molecule has 3 aromatic rings. The number of hydrogen-bond acceptors (Lipinski definition) is 5. The third-order valence-corrected chi connectivity index (χ3v) is 6.22. The van der Waals surface area contributed by atoms with E-state index in [-0.39, 0.29) is 23.3 Å². The molecule has 1 aromatic carbocycles. The molecule has 0 spiro atoms. The minimum Gasteiger partial charge on any atom is -0.508 e. The van der Waals surface area contributed by atoms with Gasteiger partial charge in [0, 0.05) is 48.9 Å². The van der Waals surface area contributed by atoms with Crippen LogP contribution in [0.1, 0.15) is 54.4 Å². The van der Waals surface area contributed by atoms with Crippen molar-refractivity contribution >= 4 is 17.5 Å². The van der Waals surface area contributed by atoms with Gasteiger partial charge < -0.3 is 14.6 Å². The van der Waals surface area contributed by atoms with Crippen LogP contribution < -0.4 is 5.56 Å². The minimum absolute atomic E-state index is 0.0385. The van der Waals surface area contributed by atoms with E-state index in [0.29, 0.717) is 43.1 Å². The lowest BCUT2D eigenvalue weighted by Crippen LogP contribution is -2.31. The third kappa shape index (κ3) is 5.60. The Bertz CT molecular complexity index is 1210. The maximum absolute atomic E-state index is 13.0. The quantitative estimate of drug-likeness (QED) is 0.567. The number of hydrogen-bond donors (Lipinski definition) is 1. The smallest absolute Gasteiger partial charge is 0.254 e. The van der Waals surface area contributed by atoms with Gasteiger partial charge in [0.15, 0.2) is 0 Å². The van der Waals surface area contributed by atoms with Gasteiger partial charge in [0.1, 0.15) is 5.75 Å². The summed E-state index contributed by atoms with van der Waals surface area (Å²) in [5, 5.41) is 10.2. The second-order valence-corrected chi connectivity index (χ2v) is 8.87. The van der Waals surface area contributed by atoms with Crippen molar-refractivity contribution < 1.29 is 9.90 Å². The van der Waals surface area contributed by atoms with Gasteiger partial charge >= 0.3 is 0 Å². The second kappa shape index (κ2) is 10.2. The lowest BCUT2D eigenvalue weighted by Gasteiger charge is -2.24. The van der Waals surface area contributed by atoms with Crippen molar-refractivity contribution in [1.29, 1.82) is 0 Å². The highest BCUT2D eigenvalue weighted by molar-refractivity contribution is 6.30. The van der Waals surface area contributed by atoms with Gasteiger partial charge in [-0.25, -0.2) is 0 Å². The number of likely N-dealkylation sites (tertiary alicyclic amines) is 1. The summed E-state index contributed by atoms with van der Waals surface area (Å²) in [7, 11) is 0. The van der Waals surface area contributed by atoms with Crippen molar-refractivity contribution in [2.45, 2.75) is 51.6 Å². The first-order valence-corrected chi connectivity index (χ1v) is 11.5. The number of carbonyl (C=O) groups excluding carboxylic acids is 1. The number of pyridine rings is 1. The average molecular weight is 467 g/mol. The summed E-state index contributed by atoms with van der Waals surface area (Å²) in [4.78, 5) is 36.2. The summed E-state index contributed by atoms with van der Waals surface area (Å²) < 4.78 is 1.58. The van der Waals surface area contributed by atoms with Crippen molar-refractivity contribution in [1.82, 2.24) is 19.4 Å². The molecule has 1 aliphatic rings. The standard InChI is InChI=1S/C25H27ClN4O3/c1-17-11-21(31)14-25(33)29(17)9-4-8-24(32)30-10-3-7-23(30)22-16-27-15-20(28-22)13-18-5-2-6-19(26)12-18/h2,5-6,11-12,14-16,23,31H,3-4,7-10,13H2,1H3. The van der Waals surface area contributed by atoms with Gasteiger partial charge in [-0.05, 0) is 49.9 Å². The Kier molecular flexibility index (Phi) is 7.08. The number of benzene rings is 1. The Balaban J connectivity index is 1.40. The SMILES string of the molecule is Cc1cc(O)cc(=O)n1CCCC(=O)N1CCCC1c1cncc(Cc2cccc(Cl)c2)n1. The molecule has 1 N–H and O–H groups in total. The number of amides is 1.